The predicted molar refractivity (Wildman–Crippen MR) is 63.2 cm³/mol. The highest BCUT2D eigenvalue weighted by molar-refractivity contribution is 5.75. The van der Waals surface area contributed by atoms with Crippen molar-refractivity contribution in [3.8, 4) is 0 Å². The van der Waals surface area contributed by atoms with E-state index in [1.54, 1.807) is 0 Å². The van der Waals surface area contributed by atoms with Crippen LogP contribution in [0.4, 0.5) is 0 Å². The molecule has 3 heteroatoms. The molecule has 2 rings (SSSR count). The average Bonchev–Trinajstić information content (AvgIpc) is 2.36. The van der Waals surface area contributed by atoms with Crippen LogP contribution in [0.3, 0.4) is 0 Å². The fourth-order valence-corrected chi connectivity index (χ4v) is 3.45. The summed E-state index contributed by atoms with van der Waals surface area (Å²) in [5.41, 5.74) is 0. The number of ether oxygens (including phenoxy) is 1. The van der Waals surface area contributed by atoms with Gasteiger partial charge in [0.1, 0.15) is 6.04 Å². The van der Waals surface area contributed by atoms with E-state index < -0.39 is 0 Å². The molecule has 0 aromatic heterocycles. The highest BCUT2D eigenvalue weighted by Gasteiger charge is 2.37. The zero-order valence-electron chi connectivity index (χ0n) is 10.4. The number of nitrogens with zero attached hydrogens (tertiary/aromatic N) is 1. The maximum atomic E-state index is 11.6. The molecule has 1 heterocycles. The number of hydrogen-bond donors (Lipinski definition) is 0. The van der Waals surface area contributed by atoms with Gasteiger partial charge in [0, 0.05) is 6.04 Å². The van der Waals surface area contributed by atoms with Crippen molar-refractivity contribution < 1.29 is 9.53 Å². The van der Waals surface area contributed by atoms with Crippen molar-refractivity contribution in [1.82, 2.24) is 4.90 Å². The van der Waals surface area contributed by atoms with Crippen molar-refractivity contribution in [2.75, 3.05) is 13.7 Å². The van der Waals surface area contributed by atoms with Gasteiger partial charge in [0.2, 0.25) is 0 Å². The van der Waals surface area contributed by atoms with Crippen LogP contribution in [-0.4, -0.2) is 36.6 Å². The lowest BCUT2D eigenvalue weighted by Gasteiger charge is -2.46. The fourth-order valence-electron chi connectivity index (χ4n) is 3.45. The lowest BCUT2D eigenvalue weighted by atomic mass is 9.78. The van der Waals surface area contributed by atoms with Crippen LogP contribution >= 0.6 is 0 Å². The topological polar surface area (TPSA) is 29.5 Å². The molecule has 0 amide bonds. The molecule has 3 nitrogen and oxygen atoms in total. The summed E-state index contributed by atoms with van der Waals surface area (Å²) in [5.74, 6) is 0.751. The van der Waals surface area contributed by atoms with Gasteiger partial charge in [0.15, 0.2) is 0 Å². The summed E-state index contributed by atoms with van der Waals surface area (Å²) in [4.78, 5) is 14.0. The normalized spacial score (nSPS) is 32.9. The Bertz CT molecular complexity index is 252. The maximum Gasteiger partial charge on any atom is 0.322 e. The van der Waals surface area contributed by atoms with Crippen LogP contribution < -0.4 is 0 Å². The molecule has 2 fully saturated rings. The van der Waals surface area contributed by atoms with E-state index in [1.165, 1.54) is 45.6 Å². The van der Waals surface area contributed by atoms with Crippen molar-refractivity contribution in [3.63, 3.8) is 0 Å². The summed E-state index contributed by atoms with van der Waals surface area (Å²) in [7, 11) is 1.49. The number of rotatable bonds is 2. The zero-order valence-corrected chi connectivity index (χ0v) is 10.4. The second-order valence-electron chi connectivity index (χ2n) is 5.19. The van der Waals surface area contributed by atoms with E-state index in [0.717, 1.165) is 12.5 Å². The van der Waals surface area contributed by atoms with Gasteiger partial charge >= 0.3 is 5.97 Å². The number of esters is 1. The first-order valence-corrected chi connectivity index (χ1v) is 6.57. The van der Waals surface area contributed by atoms with Crippen LogP contribution in [0.15, 0.2) is 0 Å². The Hall–Kier alpha value is -0.570. The minimum absolute atomic E-state index is 0.0594. The van der Waals surface area contributed by atoms with Crippen LogP contribution in [0.25, 0.3) is 0 Å². The Morgan fingerprint density at radius 3 is 2.69 bits per heavy atom. The van der Waals surface area contributed by atoms with Gasteiger partial charge in [-0.15, -0.1) is 0 Å². The third kappa shape index (κ3) is 2.24. The summed E-state index contributed by atoms with van der Waals surface area (Å²) in [5, 5.41) is 0. The second kappa shape index (κ2) is 5.17. The Kier molecular flexibility index (Phi) is 3.85. The molecule has 1 saturated heterocycles. The number of carbonyl (C=O) groups is 1. The molecule has 0 bridgehead atoms. The molecule has 0 N–H and O–H groups in total. The minimum Gasteiger partial charge on any atom is -0.468 e. The molecule has 0 radical (unpaired) electrons. The van der Waals surface area contributed by atoms with Crippen molar-refractivity contribution in [3.05, 3.63) is 0 Å². The molecule has 1 aliphatic carbocycles. The number of carbonyl (C=O) groups excluding carboxylic acids is 1. The van der Waals surface area contributed by atoms with Crippen LogP contribution in [0.2, 0.25) is 0 Å². The summed E-state index contributed by atoms with van der Waals surface area (Å²) in [6.07, 6.45) is 7.92. The Morgan fingerprint density at radius 2 is 1.94 bits per heavy atom. The van der Waals surface area contributed by atoms with E-state index in [4.69, 9.17) is 4.74 Å². The van der Waals surface area contributed by atoms with Gasteiger partial charge in [-0.05, 0) is 45.1 Å². The predicted octanol–water partition coefficient (Wildman–Crippen LogP) is 2.20. The van der Waals surface area contributed by atoms with Crippen LogP contribution in [0.5, 0.6) is 0 Å². The first kappa shape index (κ1) is 11.9. The largest absolute Gasteiger partial charge is 0.468 e. The number of likely N-dealkylation sites (tertiary alicyclic amines) is 1. The number of fused-ring (bicyclic) bond motifs is 1. The van der Waals surface area contributed by atoms with Gasteiger partial charge in [-0.25, -0.2) is 0 Å². The summed E-state index contributed by atoms with van der Waals surface area (Å²) in [6, 6.07) is 0.576. The first-order chi connectivity index (χ1) is 7.74. The molecule has 3 atom stereocenters. The fraction of sp³-hybridized carbons (Fsp3) is 0.923. The Morgan fingerprint density at radius 1 is 1.25 bits per heavy atom. The second-order valence-corrected chi connectivity index (χ2v) is 5.19. The van der Waals surface area contributed by atoms with Crippen molar-refractivity contribution in [2.45, 2.75) is 57.5 Å². The average molecular weight is 225 g/mol. The zero-order chi connectivity index (χ0) is 11.5. The van der Waals surface area contributed by atoms with Crippen molar-refractivity contribution in [1.29, 1.82) is 0 Å². The molecule has 0 aromatic rings. The van der Waals surface area contributed by atoms with E-state index in [1.807, 2.05) is 6.92 Å². The monoisotopic (exact) mass is 225 g/mol. The van der Waals surface area contributed by atoms with E-state index in [-0.39, 0.29) is 12.0 Å². The van der Waals surface area contributed by atoms with E-state index >= 15 is 0 Å². The van der Waals surface area contributed by atoms with Gasteiger partial charge in [0.25, 0.3) is 0 Å². The molecule has 1 aliphatic heterocycles. The lowest BCUT2D eigenvalue weighted by molar-refractivity contribution is -0.149. The number of hydrogen-bond acceptors (Lipinski definition) is 3. The van der Waals surface area contributed by atoms with Crippen molar-refractivity contribution >= 4 is 5.97 Å². The van der Waals surface area contributed by atoms with Crippen LogP contribution in [0, 0.1) is 5.92 Å². The smallest absolute Gasteiger partial charge is 0.322 e. The SMILES string of the molecule is COC(=O)C(C)N1CCC[C@H]2CCCC[C@H]21. The number of piperidine rings is 1. The van der Waals surface area contributed by atoms with Crippen LogP contribution in [0.1, 0.15) is 45.4 Å². The van der Waals surface area contributed by atoms with Gasteiger partial charge in [-0.3, -0.25) is 9.69 Å². The first-order valence-electron chi connectivity index (χ1n) is 6.57. The van der Waals surface area contributed by atoms with E-state index in [0.29, 0.717) is 6.04 Å². The number of methoxy groups -OCH3 is 1. The molecular formula is C13H23NO2. The van der Waals surface area contributed by atoms with Gasteiger partial charge in [0.05, 0.1) is 7.11 Å². The molecule has 92 valence electrons. The molecule has 1 saturated carbocycles. The molecular weight excluding hydrogens is 202 g/mol. The highest BCUT2D eigenvalue weighted by Crippen LogP contribution is 2.36. The minimum atomic E-state index is -0.0776. The van der Waals surface area contributed by atoms with Gasteiger partial charge in [-0.1, -0.05) is 12.8 Å². The molecule has 0 spiro atoms. The lowest BCUT2D eigenvalue weighted by Crippen LogP contribution is -2.53. The third-order valence-electron chi connectivity index (χ3n) is 4.33. The highest BCUT2D eigenvalue weighted by atomic mass is 16.5. The Balaban J connectivity index is 2.04. The van der Waals surface area contributed by atoms with Gasteiger partial charge in [-0.2, -0.15) is 0 Å². The van der Waals surface area contributed by atoms with Gasteiger partial charge < -0.3 is 4.74 Å². The van der Waals surface area contributed by atoms with E-state index in [9.17, 15) is 4.79 Å². The van der Waals surface area contributed by atoms with E-state index in [2.05, 4.69) is 4.90 Å². The quantitative estimate of drug-likeness (QED) is 0.675. The Labute approximate surface area is 98.1 Å². The molecule has 0 aromatic carbocycles. The molecule has 16 heavy (non-hydrogen) atoms. The summed E-state index contributed by atoms with van der Waals surface area (Å²) >= 11 is 0. The maximum absolute atomic E-state index is 11.6. The van der Waals surface area contributed by atoms with Crippen molar-refractivity contribution in [2.24, 2.45) is 5.92 Å². The molecule has 2 aliphatic rings. The summed E-state index contributed by atoms with van der Waals surface area (Å²) in [6.45, 7) is 3.06. The molecule has 1 unspecified atom stereocenters. The summed E-state index contributed by atoms with van der Waals surface area (Å²) < 4.78 is 4.86. The standard InChI is InChI=1S/C13H23NO2/c1-10(13(15)16-2)14-9-5-7-11-6-3-4-8-12(11)14/h10-12H,3-9H2,1-2H3/t10?,11-,12-/m1/s1. The van der Waals surface area contributed by atoms with Crippen LogP contribution in [-0.2, 0) is 9.53 Å². The third-order valence-corrected chi connectivity index (χ3v) is 4.33.